The fourth-order valence-corrected chi connectivity index (χ4v) is 2.00. The molecule has 0 bridgehead atoms. The fraction of sp³-hybridized carbons (Fsp3) is 0.500. The molecule has 1 aromatic rings. The first-order valence-electron chi connectivity index (χ1n) is 5.42. The van der Waals surface area contributed by atoms with Crippen molar-refractivity contribution < 1.29 is 13.5 Å². The molecule has 1 aliphatic rings. The minimum absolute atomic E-state index is 0.198. The molecule has 1 heterocycles. The van der Waals surface area contributed by atoms with Gasteiger partial charge in [0.05, 0.1) is 12.1 Å². The SMILES string of the molecule is Cc1cc(F)c(C(N)C2CCCO2)cc1F. The minimum Gasteiger partial charge on any atom is -0.376 e. The van der Waals surface area contributed by atoms with Crippen LogP contribution in [0.1, 0.15) is 30.0 Å². The Hall–Kier alpha value is -1.00. The monoisotopic (exact) mass is 227 g/mol. The van der Waals surface area contributed by atoms with E-state index in [0.717, 1.165) is 12.8 Å². The summed E-state index contributed by atoms with van der Waals surface area (Å²) in [6.07, 6.45) is 1.53. The van der Waals surface area contributed by atoms with E-state index in [9.17, 15) is 8.78 Å². The summed E-state index contributed by atoms with van der Waals surface area (Å²) in [6, 6.07) is 1.77. The van der Waals surface area contributed by atoms with Gasteiger partial charge < -0.3 is 10.5 Å². The molecular formula is C12H15F2NO. The summed E-state index contributed by atoms with van der Waals surface area (Å²) in [7, 11) is 0. The Balaban J connectivity index is 2.28. The summed E-state index contributed by atoms with van der Waals surface area (Å²) in [5.41, 5.74) is 6.38. The van der Waals surface area contributed by atoms with Gasteiger partial charge in [-0.25, -0.2) is 8.78 Å². The number of nitrogens with two attached hydrogens (primary N) is 1. The van der Waals surface area contributed by atoms with E-state index in [0.29, 0.717) is 12.2 Å². The van der Waals surface area contributed by atoms with Crippen molar-refractivity contribution >= 4 is 0 Å². The Morgan fingerprint density at radius 3 is 2.75 bits per heavy atom. The average molecular weight is 227 g/mol. The molecule has 88 valence electrons. The molecule has 0 amide bonds. The molecule has 0 radical (unpaired) electrons. The van der Waals surface area contributed by atoms with Crippen LogP contribution in [0.25, 0.3) is 0 Å². The van der Waals surface area contributed by atoms with Crippen molar-refractivity contribution in [3.63, 3.8) is 0 Å². The second kappa shape index (κ2) is 4.47. The van der Waals surface area contributed by atoms with Crippen molar-refractivity contribution in [1.82, 2.24) is 0 Å². The summed E-state index contributed by atoms with van der Waals surface area (Å²) < 4.78 is 32.4. The van der Waals surface area contributed by atoms with E-state index in [4.69, 9.17) is 10.5 Å². The molecule has 2 rings (SSSR count). The van der Waals surface area contributed by atoms with Gasteiger partial charge in [-0.2, -0.15) is 0 Å². The van der Waals surface area contributed by atoms with Crippen LogP contribution in [0.5, 0.6) is 0 Å². The normalized spacial score (nSPS) is 22.4. The summed E-state index contributed by atoms with van der Waals surface area (Å²) in [5.74, 6) is -0.883. The number of aryl methyl sites for hydroxylation is 1. The topological polar surface area (TPSA) is 35.2 Å². The molecule has 4 heteroatoms. The summed E-state index contributed by atoms with van der Waals surface area (Å²) in [4.78, 5) is 0. The van der Waals surface area contributed by atoms with Crippen LogP contribution in [0.3, 0.4) is 0 Å². The van der Waals surface area contributed by atoms with Crippen molar-refractivity contribution in [1.29, 1.82) is 0 Å². The van der Waals surface area contributed by atoms with Gasteiger partial charge in [0, 0.05) is 12.2 Å². The Morgan fingerprint density at radius 2 is 2.12 bits per heavy atom. The molecule has 2 N–H and O–H groups in total. The van der Waals surface area contributed by atoms with Crippen molar-refractivity contribution in [2.24, 2.45) is 5.73 Å². The maximum absolute atomic E-state index is 13.6. The second-order valence-electron chi connectivity index (χ2n) is 4.20. The van der Waals surface area contributed by atoms with Gasteiger partial charge in [0.1, 0.15) is 11.6 Å². The zero-order valence-electron chi connectivity index (χ0n) is 9.17. The average Bonchev–Trinajstić information content (AvgIpc) is 2.75. The number of hydrogen-bond acceptors (Lipinski definition) is 2. The highest BCUT2D eigenvalue weighted by molar-refractivity contribution is 5.28. The van der Waals surface area contributed by atoms with Crippen LogP contribution < -0.4 is 5.73 Å². The quantitative estimate of drug-likeness (QED) is 0.842. The van der Waals surface area contributed by atoms with Gasteiger partial charge in [0.2, 0.25) is 0 Å². The smallest absolute Gasteiger partial charge is 0.128 e. The fourth-order valence-electron chi connectivity index (χ4n) is 2.00. The van der Waals surface area contributed by atoms with Crippen molar-refractivity contribution in [2.45, 2.75) is 31.9 Å². The first kappa shape index (κ1) is 11.5. The molecule has 2 atom stereocenters. The molecule has 0 aliphatic carbocycles. The molecule has 1 fully saturated rings. The van der Waals surface area contributed by atoms with Gasteiger partial charge in [-0.3, -0.25) is 0 Å². The standard InChI is InChI=1S/C12H15F2NO/c1-7-5-10(14)8(6-9(7)13)12(15)11-3-2-4-16-11/h5-6,11-12H,2-4,15H2,1H3. The number of ether oxygens (including phenoxy) is 1. The van der Waals surface area contributed by atoms with Crippen LogP contribution in [-0.4, -0.2) is 12.7 Å². The molecule has 1 aromatic carbocycles. The van der Waals surface area contributed by atoms with Crippen LogP contribution in [0, 0.1) is 18.6 Å². The van der Waals surface area contributed by atoms with Crippen LogP contribution in [0.15, 0.2) is 12.1 Å². The van der Waals surface area contributed by atoms with E-state index in [-0.39, 0.29) is 11.7 Å². The lowest BCUT2D eigenvalue weighted by atomic mass is 9.98. The summed E-state index contributed by atoms with van der Waals surface area (Å²) >= 11 is 0. The van der Waals surface area contributed by atoms with E-state index in [1.54, 1.807) is 0 Å². The molecule has 0 aromatic heterocycles. The van der Waals surface area contributed by atoms with E-state index < -0.39 is 17.7 Å². The Kier molecular flexibility index (Phi) is 3.21. The maximum Gasteiger partial charge on any atom is 0.128 e. The van der Waals surface area contributed by atoms with Crippen molar-refractivity contribution in [2.75, 3.05) is 6.61 Å². The highest BCUT2D eigenvalue weighted by atomic mass is 19.1. The van der Waals surface area contributed by atoms with Crippen molar-refractivity contribution in [3.8, 4) is 0 Å². The number of benzene rings is 1. The molecule has 0 spiro atoms. The van der Waals surface area contributed by atoms with E-state index >= 15 is 0 Å². The number of hydrogen-bond donors (Lipinski definition) is 1. The lowest BCUT2D eigenvalue weighted by Crippen LogP contribution is -2.26. The van der Waals surface area contributed by atoms with Gasteiger partial charge in [0.25, 0.3) is 0 Å². The van der Waals surface area contributed by atoms with Crippen molar-refractivity contribution in [3.05, 3.63) is 34.9 Å². The zero-order chi connectivity index (χ0) is 11.7. The third-order valence-corrected chi connectivity index (χ3v) is 3.00. The van der Waals surface area contributed by atoms with Gasteiger partial charge in [-0.05, 0) is 37.5 Å². The zero-order valence-corrected chi connectivity index (χ0v) is 9.17. The van der Waals surface area contributed by atoms with Gasteiger partial charge >= 0.3 is 0 Å². The van der Waals surface area contributed by atoms with Crippen LogP contribution in [0.2, 0.25) is 0 Å². The van der Waals surface area contributed by atoms with Crippen LogP contribution >= 0.6 is 0 Å². The Labute approximate surface area is 93.4 Å². The lowest BCUT2D eigenvalue weighted by Gasteiger charge is -2.19. The predicted molar refractivity (Wildman–Crippen MR) is 57.0 cm³/mol. The largest absolute Gasteiger partial charge is 0.376 e. The molecule has 16 heavy (non-hydrogen) atoms. The first-order chi connectivity index (χ1) is 7.59. The molecular weight excluding hydrogens is 212 g/mol. The van der Waals surface area contributed by atoms with Gasteiger partial charge in [0.15, 0.2) is 0 Å². The maximum atomic E-state index is 13.6. The molecule has 2 unspecified atom stereocenters. The van der Waals surface area contributed by atoms with Gasteiger partial charge in [-0.15, -0.1) is 0 Å². The molecule has 1 aliphatic heterocycles. The highest BCUT2D eigenvalue weighted by Gasteiger charge is 2.26. The predicted octanol–water partition coefficient (Wildman–Crippen LogP) is 2.45. The van der Waals surface area contributed by atoms with E-state index in [2.05, 4.69) is 0 Å². The third kappa shape index (κ3) is 2.08. The second-order valence-corrected chi connectivity index (χ2v) is 4.20. The Morgan fingerprint density at radius 1 is 1.38 bits per heavy atom. The first-order valence-corrected chi connectivity index (χ1v) is 5.42. The van der Waals surface area contributed by atoms with Crippen LogP contribution in [-0.2, 0) is 4.74 Å². The minimum atomic E-state index is -0.586. The summed E-state index contributed by atoms with van der Waals surface area (Å²) in [6.45, 7) is 2.17. The lowest BCUT2D eigenvalue weighted by molar-refractivity contribution is 0.0889. The molecule has 2 nitrogen and oxygen atoms in total. The van der Waals surface area contributed by atoms with E-state index in [1.165, 1.54) is 19.1 Å². The third-order valence-electron chi connectivity index (χ3n) is 3.00. The number of halogens is 2. The van der Waals surface area contributed by atoms with Gasteiger partial charge in [-0.1, -0.05) is 0 Å². The van der Waals surface area contributed by atoms with Crippen LogP contribution in [0.4, 0.5) is 8.78 Å². The molecule has 1 saturated heterocycles. The Bertz CT molecular complexity index is 389. The van der Waals surface area contributed by atoms with E-state index in [1.807, 2.05) is 0 Å². The summed E-state index contributed by atoms with van der Waals surface area (Å²) in [5, 5.41) is 0. The molecule has 0 saturated carbocycles. The number of rotatable bonds is 2. The highest BCUT2D eigenvalue weighted by Crippen LogP contribution is 2.27.